The van der Waals surface area contributed by atoms with Crippen molar-refractivity contribution in [3.05, 3.63) is 59.7 Å². The summed E-state index contributed by atoms with van der Waals surface area (Å²) in [5, 5.41) is 4.12. The SMILES string of the molecule is CC(C)n1cc(C(=O)/C=C/c2ccc(F)cc2)cn1. The van der Waals surface area contributed by atoms with E-state index < -0.39 is 0 Å². The van der Waals surface area contributed by atoms with E-state index in [9.17, 15) is 9.18 Å². The van der Waals surface area contributed by atoms with Crippen LogP contribution in [0.5, 0.6) is 0 Å². The van der Waals surface area contributed by atoms with Gasteiger partial charge in [-0.15, -0.1) is 0 Å². The molecule has 3 nitrogen and oxygen atoms in total. The summed E-state index contributed by atoms with van der Waals surface area (Å²) < 4.78 is 14.5. The molecule has 1 heterocycles. The van der Waals surface area contributed by atoms with E-state index in [1.807, 2.05) is 13.8 Å². The molecular weight excluding hydrogens is 243 g/mol. The molecule has 0 saturated heterocycles. The highest BCUT2D eigenvalue weighted by Crippen LogP contribution is 2.09. The summed E-state index contributed by atoms with van der Waals surface area (Å²) in [5.41, 5.74) is 1.33. The molecule has 2 rings (SSSR count). The number of allylic oxidation sites excluding steroid dienone is 1. The molecule has 0 bridgehead atoms. The number of nitrogens with zero attached hydrogens (tertiary/aromatic N) is 2. The molecule has 0 aliphatic rings. The molecule has 0 amide bonds. The average molecular weight is 258 g/mol. The van der Waals surface area contributed by atoms with Gasteiger partial charge < -0.3 is 0 Å². The summed E-state index contributed by atoms with van der Waals surface area (Å²) in [4.78, 5) is 11.9. The molecule has 0 unspecified atom stereocenters. The molecule has 0 fully saturated rings. The van der Waals surface area contributed by atoms with Crippen molar-refractivity contribution in [2.75, 3.05) is 0 Å². The van der Waals surface area contributed by atoms with E-state index >= 15 is 0 Å². The van der Waals surface area contributed by atoms with Gasteiger partial charge >= 0.3 is 0 Å². The smallest absolute Gasteiger partial charge is 0.189 e. The molecule has 19 heavy (non-hydrogen) atoms. The maximum atomic E-state index is 12.7. The van der Waals surface area contributed by atoms with Gasteiger partial charge in [0.15, 0.2) is 5.78 Å². The van der Waals surface area contributed by atoms with Gasteiger partial charge in [-0.3, -0.25) is 9.48 Å². The lowest BCUT2D eigenvalue weighted by Gasteiger charge is -2.02. The molecular formula is C15H15FN2O. The van der Waals surface area contributed by atoms with Crippen LogP contribution in [-0.4, -0.2) is 15.6 Å². The average Bonchev–Trinajstić information content (AvgIpc) is 2.87. The van der Waals surface area contributed by atoms with Crippen molar-refractivity contribution >= 4 is 11.9 Å². The molecule has 0 atom stereocenters. The van der Waals surface area contributed by atoms with Crippen molar-refractivity contribution in [3.8, 4) is 0 Å². The zero-order valence-corrected chi connectivity index (χ0v) is 10.9. The molecule has 0 radical (unpaired) electrons. The molecule has 4 heteroatoms. The first-order chi connectivity index (χ1) is 9.06. The van der Waals surface area contributed by atoms with Crippen LogP contribution in [0.25, 0.3) is 6.08 Å². The topological polar surface area (TPSA) is 34.9 Å². The lowest BCUT2D eigenvalue weighted by Crippen LogP contribution is -2.00. The minimum Gasteiger partial charge on any atom is -0.289 e. The van der Waals surface area contributed by atoms with Gasteiger partial charge in [0, 0.05) is 12.2 Å². The van der Waals surface area contributed by atoms with Crippen LogP contribution in [0.15, 0.2) is 42.7 Å². The fraction of sp³-hybridized carbons (Fsp3) is 0.200. The second-order valence-corrected chi connectivity index (χ2v) is 4.55. The van der Waals surface area contributed by atoms with Crippen LogP contribution < -0.4 is 0 Å². The molecule has 98 valence electrons. The summed E-state index contributed by atoms with van der Waals surface area (Å²) >= 11 is 0. The molecule has 2 aromatic rings. The van der Waals surface area contributed by atoms with Gasteiger partial charge in [-0.25, -0.2) is 4.39 Å². The highest BCUT2D eigenvalue weighted by molar-refractivity contribution is 6.06. The molecule has 1 aromatic heterocycles. The van der Waals surface area contributed by atoms with Crippen molar-refractivity contribution in [2.24, 2.45) is 0 Å². The maximum absolute atomic E-state index is 12.7. The Balaban J connectivity index is 2.09. The number of ketones is 1. The Morgan fingerprint density at radius 1 is 1.32 bits per heavy atom. The Hall–Kier alpha value is -2.23. The van der Waals surface area contributed by atoms with Gasteiger partial charge in [0.05, 0.1) is 11.8 Å². The van der Waals surface area contributed by atoms with Crippen LogP contribution in [0.1, 0.15) is 35.8 Å². The summed E-state index contributed by atoms with van der Waals surface area (Å²) in [6.07, 6.45) is 6.41. The Bertz CT molecular complexity index is 597. The van der Waals surface area contributed by atoms with Gasteiger partial charge in [0.25, 0.3) is 0 Å². The number of hydrogen-bond donors (Lipinski definition) is 0. The maximum Gasteiger partial charge on any atom is 0.189 e. The highest BCUT2D eigenvalue weighted by Gasteiger charge is 2.06. The third-order valence-electron chi connectivity index (χ3n) is 2.71. The predicted molar refractivity (Wildman–Crippen MR) is 72.4 cm³/mol. The number of hydrogen-bond acceptors (Lipinski definition) is 2. The van der Waals surface area contributed by atoms with Crippen molar-refractivity contribution in [2.45, 2.75) is 19.9 Å². The van der Waals surface area contributed by atoms with Crippen LogP contribution in [0, 0.1) is 5.82 Å². The van der Waals surface area contributed by atoms with Crippen LogP contribution in [0.3, 0.4) is 0 Å². The second-order valence-electron chi connectivity index (χ2n) is 4.55. The fourth-order valence-corrected chi connectivity index (χ4v) is 1.59. The number of aromatic nitrogens is 2. The van der Waals surface area contributed by atoms with Crippen LogP contribution in [0.2, 0.25) is 0 Å². The second kappa shape index (κ2) is 5.61. The van der Waals surface area contributed by atoms with Crippen LogP contribution in [0.4, 0.5) is 4.39 Å². The van der Waals surface area contributed by atoms with Crippen molar-refractivity contribution in [1.82, 2.24) is 9.78 Å². The van der Waals surface area contributed by atoms with Gasteiger partial charge in [0.2, 0.25) is 0 Å². The van der Waals surface area contributed by atoms with Crippen molar-refractivity contribution < 1.29 is 9.18 Å². The third kappa shape index (κ3) is 3.37. The fourth-order valence-electron chi connectivity index (χ4n) is 1.59. The number of carbonyl (C=O) groups excluding carboxylic acids is 1. The molecule has 0 spiro atoms. The molecule has 0 N–H and O–H groups in total. The number of halogens is 1. The molecule has 0 aliphatic carbocycles. The Morgan fingerprint density at radius 2 is 2.00 bits per heavy atom. The van der Waals surface area contributed by atoms with E-state index in [2.05, 4.69) is 5.10 Å². The summed E-state index contributed by atoms with van der Waals surface area (Å²) in [6, 6.07) is 6.19. The number of carbonyl (C=O) groups is 1. The molecule has 1 aromatic carbocycles. The monoisotopic (exact) mass is 258 g/mol. The third-order valence-corrected chi connectivity index (χ3v) is 2.71. The standard InChI is InChI=1S/C15H15FN2O/c1-11(2)18-10-13(9-17-18)15(19)8-5-12-3-6-14(16)7-4-12/h3-11H,1-2H3/b8-5+. The van der Waals surface area contributed by atoms with Crippen molar-refractivity contribution in [1.29, 1.82) is 0 Å². The van der Waals surface area contributed by atoms with E-state index in [-0.39, 0.29) is 17.6 Å². The Kier molecular flexibility index (Phi) is 3.90. The molecule has 0 saturated carbocycles. The first-order valence-electron chi connectivity index (χ1n) is 6.08. The summed E-state index contributed by atoms with van der Waals surface area (Å²) in [7, 11) is 0. The number of rotatable bonds is 4. The minimum atomic E-state index is -0.290. The zero-order valence-electron chi connectivity index (χ0n) is 10.9. The minimum absolute atomic E-state index is 0.115. The first kappa shape index (κ1) is 13.2. The first-order valence-corrected chi connectivity index (χ1v) is 6.08. The van der Waals surface area contributed by atoms with Gasteiger partial charge in [-0.1, -0.05) is 18.2 Å². The van der Waals surface area contributed by atoms with E-state index in [1.165, 1.54) is 18.2 Å². The van der Waals surface area contributed by atoms with Crippen LogP contribution >= 0.6 is 0 Å². The lowest BCUT2D eigenvalue weighted by molar-refractivity contribution is 0.104. The summed E-state index contributed by atoms with van der Waals surface area (Å²) in [5.74, 6) is -0.405. The van der Waals surface area contributed by atoms with E-state index in [4.69, 9.17) is 0 Å². The van der Waals surface area contributed by atoms with E-state index in [1.54, 1.807) is 35.3 Å². The largest absolute Gasteiger partial charge is 0.289 e. The lowest BCUT2D eigenvalue weighted by atomic mass is 10.1. The van der Waals surface area contributed by atoms with E-state index in [0.29, 0.717) is 5.56 Å². The Labute approximate surface area is 111 Å². The van der Waals surface area contributed by atoms with Crippen LogP contribution in [-0.2, 0) is 0 Å². The zero-order chi connectivity index (χ0) is 13.8. The van der Waals surface area contributed by atoms with Crippen molar-refractivity contribution in [3.63, 3.8) is 0 Å². The van der Waals surface area contributed by atoms with Gasteiger partial charge in [-0.05, 0) is 37.6 Å². The quantitative estimate of drug-likeness (QED) is 0.621. The van der Waals surface area contributed by atoms with Gasteiger partial charge in [-0.2, -0.15) is 5.10 Å². The number of benzene rings is 1. The summed E-state index contributed by atoms with van der Waals surface area (Å²) in [6.45, 7) is 3.99. The highest BCUT2D eigenvalue weighted by atomic mass is 19.1. The Morgan fingerprint density at radius 3 is 2.58 bits per heavy atom. The van der Waals surface area contributed by atoms with E-state index in [0.717, 1.165) is 5.56 Å². The normalized spacial score (nSPS) is 11.4. The predicted octanol–water partition coefficient (Wildman–Crippen LogP) is 3.50. The van der Waals surface area contributed by atoms with Gasteiger partial charge in [0.1, 0.15) is 5.82 Å². The molecule has 0 aliphatic heterocycles.